The summed E-state index contributed by atoms with van der Waals surface area (Å²) in [6, 6.07) is 0. The van der Waals surface area contributed by atoms with Gasteiger partial charge in [-0.15, -0.1) is 0 Å². The van der Waals surface area contributed by atoms with Gasteiger partial charge < -0.3 is 20.1 Å². The van der Waals surface area contributed by atoms with Crippen molar-refractivity contribution in [3.05, 3.63) is 72.9 Å². The van der Waals surface area contributed by atoms with E-state index in [9.17, 15) is 19.0 Å². The van der Waals surface area contributed by atoms with Gasteiger partial charge in [0, 0.05) is 19.4 Å². The number of phosphoric ester groups is 1. The van der Waals surface area contributed by atoms with Crippen LogP contribution < -0.4 is 5.73 Å². The minimum absolute atomic E-state index is 0.0415. The maximum Gasteiger partial charge on any atom is 0.472 e. The molecule has 304 valence electrons. The molecule has 10 heteroatoms. The van der Waals surface area contributed by atoms with Gasteiger partial charge in [-0.25, -0.2) is 4.57 Å². The van der Waals surface area contributed by atoms with Crippen LogP contribution in [0, 0.1) is 0 Å². The molecule has 9 nitrogen and oxygen atoms in total. The van der Waals surface area contributed by atoms with Gasteiger partial charge in [-0.1, -0.05) is 164 Å². The van der Waals surface area contributed by atoms with Crippen molar-refractivity contribution in [1.82, 2.24) is 0 Å². The minimum atomic E-state index is -4.39. The smallest absolute Gasteiger partial charge is 0.462 e. The number of nitrogens with two attached hydrogens (primary N) is 1. The van der Waals surface area contributed by atoms with E-state index in [1.807, 2.05) is 12.2 Å². The van der Waals surface area contributed by atoms with Crippen molar-refractivity contribution in [2.45, 2.75) is 161 Å². The summed E-state index contributed by atoms with van der Waals surface area (Å²) in [5.41, 5.74) is 5.33. The molecule has 0 saturated heterocycles. The fourth-order valence-corrected chi connectivity index (χ4v) is 5.89. The number of phosphoric acid groups is 1. The number of carbonyl (C=O) groups is 2. The summed E-state index contributed by atoms with van der Waals surface area (Å²) in [4.78, 5) is 34.7. The number of allylic oxidation sites excluding steroid dienone is 12. The van der Waals surface area contributed by atoms with E-state index >= 15 is 0 Å². The van der Waals surface area contributed by atoms with Crippen LogP contribution in [0.15, 0.2) is 72.9 Å². The third-order valence-corrected chi connectivity index (χ3v) is 9.10. The largest absolute Gasteiger partial charge is 0.472 e. The molecule has 0 aromatic carbocycles. The molecule has 0 aliphatic rings. The molecule has 0 bridgehead atoms. The van der Waals surface area contributed by atoms with Crippen molar-refractivity contribution in [3.8, 4) is 0 Å². The van der Waals surface area contributed by atoms with Crippen LogP contribution in [0.2, 0.25) is 0 Å². The molecule has 0 rings (SSSR count). The van der Waals surface area contributed by atoms with Crippen molar-refractivity contribution in [2.24, 2.45) is 5.73 Å². The van der Waals surface area contributed by atoms with E-state index < -0.39 is 32.5 Å². The van der Waals surface area contributed by atoms with Crippen LogP contribution >= 0.6 is 7.82 Å². The molecule has 0 spiro atoms. The average molecular weight is 764 g/mol. The van der Waals surface area contributed by atoms with Gasteiger partial charge in [-0.05, 0) is 51.4 Å². The highest BCUT2D eigenvalue weighted by atomic mass is 31.2. The highest BCUT2D eigenvalue weighted by Crippen LogP contribution is 2.43. The Bertz CT molecular complexity index is 1100. The molecular formula is C43H74NO8P. The monoisotopic (exact) mass is 764 g/mol. The van der Waals surface area contributed by atoms with Crippen molar-refractivity contribution in [2.75, 3.05) is 26.4 Å². The molecule has 0 aliphatic heterocycles. The Morgan fingerprint density at radius 3 is 1.51 bits per heavy atom. The molecule has 0 amide bonds. The van der Waals surface area contributed by atoms with Crippen LogP contribution in [-0.4, -0.2) is 49.3 Å². The normalized spacial score (nSPS) is 14.1. The molecule has 1 unspecified atom stereocenters. The Labute approximate surface area is 322 Å². The van der Waals surface area contributed by atoms with Crippen LogP contribution in [0.5, 0.6) is 0 Å². The maximum absolute atomic E-state index is 12.5. The lowest BCUT2D eigenvalue weighted by molar-refractivity contribution is -0.161. The summed E-state index contributed by atoms with van der Waals surface area (Å²) in [6.07, 6.45) is 46.6. The highest BCUT2D eigenvalue weighted by Gasteiger charge is 2.25. The SMILES string of the molecule is CC/C=C\C/C=C\C/C=C\C/C=C\C/C=C\C/C=C\CCC(=O)OC[C@H](COP(=O)(O)OCCN)OC(=O)CCCCCCCCCCCCCCC. The molecule has 0 aliphatic carbocycles. The summed E-state index contributed by atoms with van der Waals surface area (Å²) in [5, 5.41) is 0. The molecule has 0 aromatic heterocycles. The van der Waals surface area contributed by atoms with Gasteiger partial charge in [-0.3, -0.25) is 18.6 Å². The summed E-state index contributed by atoms with van der Waals surface area (Å²) in [5.74, 6) is -0.931. The van der Waals surface area contributed by atoms with Crippen LogP contribution in [-0.2, 0) is 32.7 Å². The quantitative estimate of drug-likeness (QED) is 0.0274. The van der Waals surface area contributed by atoms with Crippen molar-refractivity contribution in [3.63, 3.8) is 0 Å². The lowest BCUT2D eigenvalue weighted by Gasteiger charge is -2.19. The van der Waals surface area contributed by atoms with E-state index in [-0.39, 0.29) is 32.6 Å². The van der Waals surface area contributed by atoms with E-state index in [1.54, 1.807) is 0 Å². The zero-order valence-electron chi connectivity index (χ0n) is 33.2. The zero-order chi connectivity index (χ0) is 38.9. The van der Waals surface area contributed by atoms with Gasteiger partial charge in [-0.2, -0.15) is 0 Å². The van der Waals surface area contributed by atoms with Crippen LogP contribution in [0.25, 0.3) is 0 Å². The summed E-state index contributed by atoms with van der Waals surface area (Å²) >= 11 is 0. The van der Waals surface area contributed by atoms with E-state index in [0.717, 1.165) is 57.8 Å². The topological polar surface area (TPSA) is 134 Å². The first-order chi connectivity index (χ1) is 25.8. The van der Waals surface area contributed by atoms with E-state index in [2.05, 4.69) is 74.6 Å². The molecule has 0 heterocycles. The molecule has 0 fully saturated rings. The third kappa shape index (κ3) is 39.0. The van der Waals surface area contributed by atoms with Gasteiger partial charge >= 0.3 is 19.8 Å². The number of rotatable bonds is 37. The second-order valence-electron chi connectivity index (χ2n) is 13.1. The lowest BCUT2D eigenvalue weighted by atomic mass is 10.0. The fourth-order valence-electron chi connectivity index (χ4n) is 5.13. The molecule has 0 saturated carbocycles. The Morgan fingerprint density at radius 2 is 1.04 bits per heavy atom. The Morgan fingerprint density at radius 1 is 0.585 bits per heavy atom. The summed E-state index contributed by atoms with van der Waals surface area (Å²) in [6.45, 7) is 3.51. The summed E-state index contributed by atoms with van der Waals surface area (Å²) < 4.78 is 32.6. The molecule has 0 radical (unpaired) electrons. The Kier molecular flexibility index (Phi) is 37.3. The Balaban J connectivity index is 4.32. The van der Waals surface area contributed by atoms with Crippen LogP contribution in [0.4, 0.5) is 0 Å². The number of carbonyl (C=O) groups excluding carboxylic acids is 2. The summed E-state index contributed by atoms with van der Waals surface area (Å²) in [7, 11) is -4.39. The lowest BCUT2D eigenvalue weighted by Crippen LogP contribution is -2.29. The second-order valence-corrected chi connectivity index (χ2v) is 14.6. The molecule has 3 N–H and O–H groups in total. The first kappa shape index (κ1) is 50.5. The van der Waals surface area contributed by atoms with E-state index in [4.69, 9.17) is 24.3 Å². The number of hydrogen-bond donors (Lipinski definition) is 2. The average Bonchev–Trinajstić information content (AvgIpc) is 3.14. The number of unbranched alkanes of at least 4 members (excludes halogenated alkanes) is 12. The van der Waals surface area contributed by atoms with Crippen molar-refractivity contribution in [1.29, 1.82) is 0 Å². The van der Waals surface area contributed by atoms with Crippen LogP contribution in [0.3, 0.4) is 0 Å². The maximum atomic E-state index is 12.5. The fraction of sp³-hybridized carbons (Fsp3) is 0.674. The first-order valence-corrected chi connectivity index (χ1v) is 21.9. The van der Waals surface area contributed by atoms with Gasteiger partial charge in [0.25, 0.3) is 0 Å². The predicted molar refractivity (Wildman–Crippen MR) is 219 cm³/mol. The first-order valence-electron chi connectivity index (χ1n) is 20.4. The predicted octanol–water partition coefficient (Wildman–Crippen LogP) is 11.5. The van der Waals surface area contributed by atoms with Gasteiger partial charge in [0.05, 0.1) is 13.2 Å². The Hall–Kier alpha value is -2.55. The van der Waals surface area contributed by atoms with Crippen molar-refractivity contribution < 1.29 is 37.6 Å². The zero-order valence-corrected chi connectivity index (χ0v) is 34.1. The van der Waals surface area contributed by atoms with Crippen molar-refractivity contribution >= 4 is 19.8 Å². The minimum Gasteiger partial charge on any atom is -0.462 e. The second kappa shape index (κ2) is 39.2. The standard InChI is InChI=1S/C43H74NO8P/c1-3-5-7-9-11-13-15-17-18-19-20-21-22-24-25-27-29-31-33-35-42(45)49-39-41(40-51-53(47,48)50-38-37-44)52-43(46)36-34-32-30-28-26-23-16-14-12-10-8-6-4-2/h5,7,11,13,17-18,20-21,24-25,29,31,41H,3-4,6,8-10,12,14-16,19,22-23,26-28,30,32-40,44H2,1-2H3,(H,47,48)/b7-5-,13-11-,18-17-,21-20-,25-24-,31-29-/t41-/m1/s1. The van der Waals surface area contributed by atoms with Gasteiger partial charge in [0.2, 0.25) is 0 Å². The molecule has 53 heavy (non-hydrogen) atoms. The van der Waals surface area contributed by atoms with E-state index in [0.29, 0.717) is 12.8 Å². The number of hydrogen-bond acceptors (Lipinski definition) is 8. The molecule has 2 atom stereocenters. The number of ether oxygens (including phenoxy) is 2. The molecule has 0 aromatic rings. The molecular weight excluding hydrogens is 689 g/mol. The highest BCUT2D eigenvalue weighted by molar-refractivity contribution is 7.47. The third-order valence-electron chi connectivity index (χ3n) is 8.12. The van der Waals surface area contributed by atoms with Crippen LogP contribution in [0.1, 0.15) is 155 Å². The van der Waals surface area contributed by atoms with Gasteiger partial charge in [0.1, 0.15) is 6.61 Å². The van der Waals surface area contributed by atoms with Gasteiger partial charge in [0.15, 0.2) is 6.10 Å². The van der Waals surface area contributed by atoms with E-state index in [1.165, 1.54) is 57.8 Å². The number of esters is 2.